The second-order valence-electron chi connectivity index (χ2n) is 4.41. The summed E-state index contributed by atoms with van der Waals surface area (Å²) in [5, 5.41) is 12.4. The van der Waals surface area contributed by atoms with Gasteiger partial charge in [0.25, 0.3) is 5.91 Å². The Morgan fingerprint density at radius 1 is 1.20 bits per heavy atom. The molecular formula is C15H15BrN2O2. The maximum atomic E-state index is 11.9. The average Bonchev–Trinajstić information content (AvgIpc) is 2.43. The van der Waals surface area contributed by atoms with Gasteiger partial charge in [-0.2, -0.15) is 0 Å². The summed E-state index contributed by atoms with van der Waals surface area (Å²) in [6.07, 6.45) is 0.724. The Hall–Kier alpha value is -2.01. The molecule has 4 N–H and O–H groups in total. The Balaban J connectivity index is 1.92. The lowest BCUT2D eigenvalue weighted by atomic mass is 10.1. The van der Waals surface area contributed by atoms with Crippen LogP contribution in [0.2, 0.25) is 0 Å². The number of carbonyl (C=O) groups excluding carboxylic acids is 1. The summed E-state index contributed by atoms with van der Waals surface area (Å²) in [7, 11) is 0. The normalized spacial score (nSPS) is 10.2. The maximum absolute atomic E-state index is 11.9. The molecule has 2 aromatic rings. The molecule has 0 aliphatic heterocycles. The zero-order valence-corrected chi connectivity index (χ0v) is 12.4. The first-order valence-electron chi connectivity index (χ1n) is 6.17. The van der Waals surface area contributed by atoms with Crippen molar-refractivity contribution in [3.63, 3.8) is 0 Å². The van der Waals surface area contributed by atoms with Gasteiger partial charge in [-0.05, 0) is 42.3 Å². The number of phenolic OH excluding ortho intramolecular Hbond substituents is 1. The summed E-state index contributed by atoms with van der Waals surface area (Å²) in [5.74, 6) is -0.396. The lowest BCUT2D eigenvalue weighted by Crippen LogP contribution is -2.25. The molecule has 0 saturated carbocycles. The predicted octanol–water partition coefficient (Wildman–Crippen LogP) is 2.71. The molecule has 4 nitrogen and oxygen atoms in total. The molecule has 0 saturated heterocycles. The first-order chi connectivity index (χ1) is 9.56. The molecule has 0 fully saturated rings. The van der Waals surface area contributed by atoms with Crippen LogP contribution < -0.4 is 11.1 Å². The lowest BCUT2D eigenvalue weighted by molar-refractivity contribution is 0.0951. The fourth-order valence-corrected chi connectivity index (χ4v) is 2.07. The number of aromatic hydroxyl groups is 1. The monoisotopic (exact) mass is 334 g/mol. The van der Waals surface area contributed by atoms with Crippen LogP contribution in [0, 0.1) is 0 Å². The van der Waals surface area contributed by atoms with Gasteiger partial charge in [-0.15, -0.1) is 0 Å². The van der Waals surface area contributed by atoms with Crippen LogP contribution in [0.15, 0.2) is 46.9 Å². The van der Waals surface area contributed by atoms with Gasteiger partial charge in [-0.25, -0.2) is 0 Å². The Bertz CT molecular complexity index is 612. The van der Waals surface area contributed by atoms with Crippen molar-refractivity contribution in [1.82, 2.24) is 5.32 Å². The fourth-order valence-electron chi connectivity index (χ4n) is 1.80. The molecule has 0 aromatic heterocycles. The van der Waals surface area contributed by atoms with Crippen LogP contribution in [-0.2, 0) is 6.42 Å². The Kier molecular flexibility index (Phi) is 4.63. The molecule has 0 atom stereocenters. The van der Waals surface area contributed by atoms with E-state index in [0.29, 0.717) is 12.2 Å². The second-order valence-corrected chi connectivity index (χ2v) is 5.32. The quantitative estimate of drug-likeness (QED) is 0.594. The number of halogens is 1. The van der Waals surface area contributed by atoms with Gasteiger partial charge in [0, 0.05) is 16.7 Å². The van der Waals surface area contributed by atoms with Gasteiger partial charge in [-0.1, -0.05) is 28.1 Å². The molecule has 0 unspecified atom stereocenters. The fraction of sp³-hybridized carbons (Fsp3) is 0.133. The van der Waals surface area contributed by atoms with Gasteiger partial charge in [-0.3, -0.25) is 4.79 Å². The minimum absolute atomic E-state index is 0.0691. The molecule has 2 aromatic carbocycles. The molecular weight excluding hydrogens is 320 g/mol. The summed E-state index contributed by atoms with van der Waals surface area (Å²) in [6, 6.07) is 12.3. The van der Waals surface area contributed by atoms with Crippen molar-refractivity contribution in [1.29, 1.82) is 0 Å². The van der Waals surface area contributed by atoms with E-state index in [9.17, 15) is 9.90 Å². The van der Waals surface area contributed by atoms with E-state index < -0.39 is 0 Å². The van der Waals surface area contributed by atoms with E-state index in [1.165, 1.54) is 12.1 Å². The average molecular weight is 335 g/mol. The Morgan fingerprint density at radius 3 is 2.60 bits per heavy atom. The van der Waals surface area contributed by atoms with Gasteiger partial charge in [0.05, 0.1) is 5.56 Å². The van der Waals surface area contributed by atoms with Crippen molar-refractivity contribution in [2.75, 3.05) is 12.3 Å². The van der Waals surface area contributed by atoms with Crippen molar-refractivity contribution in [3.8, 4) is 5.75 Å². The van der Waals surface area contributed by atoms with Crippen LogP contribution in [0.4, 0.5) is 5.69 Å². The van der Waals surface area contributed by atoms with Gasteiger partial charge in [0.2, 0.25) is 0 Å². The minimum Gasteiger partial charge on any atom is -0.507 e. The van der Waals surface area contributed by atoms with E-state index in [0.717, 1.165) is 16.5 Å². The van der Waals surface area contributed by atoms with Gasteiger partial charge in [0.1, 0.15) is 5.75 Å². The smallest absolute Gasteiger partial charge is 0.255 e. The van der Waals surface area contributed by atoms with Gasteiger partial charge < -0.3 is 16.2 Å². The lowest BCUT2D eigenvalue weighted by Gasteiger charge is -2.08. The van der Waals surface area contributed by atoms with Crippen LogP contribution in [0.1, 0.15) is 15.9 Å². The van der Waals surface area contributed by atoms with E-state index in [4.69, 9.17) is 5.73 Å². The number of benzene rings is 2. The van der Waals surface area contributed by atoms with Crippen molar-refractivity contribution < 1.29 is 9.90 Å². The number of hydrogen-bond donors (Lipinski definition) is 3. The minimum atomic E-state index is -0.327. The summed E-state index contributed by atoms with van der Waals surface area (Å²) in [6.45, 7) is 0.495. The zero-order chi connectivity index (χ0) is 14.5. The summed E-state index contributed by atoms with van der Waals surface area (Å²) >= 11 is 3.37. The number of nitrogens with one attached hydrogen (secondary N) is 1. The van der Waals surface area contributed by atoms with Crippen LogP contribution in [0.5, 0.6) is 5.75 Å². The molecule has 2 rings (SSSR count). The van der Waals surface area contributed by atoms with E-state index in [2.05, 4.69) is 21.2 Å². The molecule has 0 aliphatic rings. The van der Waals surface area contributed by atoms with E-state index in [-0.39, 0.29) is 17.2 Å². The van der Waals surface area contributed by atoms with Crippen LogP contribution in [0.25, 0.3) is 0 Å². The number of rotatable bonds is 4. The number of nitrogen functional groups attached to an aromatic ring is 1. The predicted molar refractivity (Wildman–Crippen MR) is 82.7 cm³/mol. The van der Waals surface area contributed by atoms with Crippen molar-refractivity contribution >= 4 is 27.5 Å². The Labute approximate surface area is 125 Å². The summed E-state index contributed by atoms with van der Waals surface area (Å²) in [5.41, 5.74) is 7.37. The van der Waals surface area contributed by atoms with Crippen LogP contribution in [-0.4, -0.2) is 17.6 Å². The molecule has 104 valence electrons. The highest BCUT2D eigenvalue weighted by Gasteiger charge is 2.10. The zero-order valence-electron chi connectivity index (χ0n) is 10.8. The SMILES string of the molecule is Nc1ccc(O)c(C(=O)NCCc2ccc(Br)cc2)c1. The Morgan fingerprint density at radius 2 is 1.90 bits per heavy atom. The highest BCUT2D eigenvalue weighted by molar-refractivity contribution is 9.10. The summed E-state index contributed by atoms with van der Waals surface area (Å²) < 4.78 is 1.02. The molecule has 0 spiro atoms. The number of amides is 1. The van der Waals surface area contributed by atoms with Crippen molar-refractivity contribution in [3.05, 3.63) is 58.1 Å². The molecule has 0 radical (unpaired) electrons. The third-order valence-electron chi connectivity index (χ3n) is 2.88. The molecule has 0 bridgehead atoms. The highest BCUT2D eigenvalue weighted by Crippen LogP contribution is 2.19. The third kappa shape index (κ3) is 3.74. The number of anilines is 1. The molecule has 20 heavy (non-hydrogen) atoms. The molecule has 1 amide bonds. The van der Waals surface area contributed by atoms with Crippen molar-refractivity contribution in [2.24, 2.45) is 0 Å². The molecule has 5 heteroatoms. The van der Waals surface area contributed by atoms with Crippen molar-refractivity contribution in [2.45, 2.75) is 6.42 Å². The van der Waals surface area contributed by atoms with Crippen LogP contribution in [0.3, 0.4) is 0 Å². The van der Waals surface area contributed by atoms with E-state index in [1.54, 1.807) is 6.07 Å². The summed E-state index contributed by atoms with van der Waals surface area (Å²) in [4.78, 5) is 11.9. The standard InChI is InChI=1S/C15H15BrN2O2/c16-11-3-1-10(2-4-11)7-8-18-15(20)13-9-12(17)5-6-14(13)19/h1-6,9,19H,7-8,17H2,(H,18,20). The third-order valence-corrected chi connectivity index (χ3v) is 3.41. The first-order valence-corrected chi connectivity index (χ1v) is 6.96. The van der Waals surface area contributed by atoms with Crippen LogP contribution >= 0.6 is 15.9 Å². The number of nitrogens with two attached hydrogens (primary N) is 1. The maximum Gasteiger partial charge on any atom is 0.255 e. The van der Waals surface area contributed by atoms with Gasteiger partial charge in [0.15, 0.2) is 0 Å². The first kappa shape index (κ1) is 14.4. The number of phenols is 1. The molecule has 0 aliphatic carbocycles. The number of carbonyl (C=O) groups is 1. The van der Waals surface area contributed by atoms with Gasteiger partial charge >= 0.3 is 0 Å². The van der Waals surface area contributed by atoms with E-state index >= 15 is 0 Å². The second kappa shape index (κ2) is 6.43. The van der Waals surface area contributed by atoms with E-state index in [1.807, 2.05) is 24.3 Å². The largest absolute Gasteiger partial charge is 0.507 e. The topological polar surface area (TPSA) is 75.3 Å². The highest BCUT2D eigenvalue weighted by atomic mass is 79.9. The molecule has 0 heterocycles. The number of hydrogen-bond acceptors (Lipinski definition) is 3.